The lowest BCUT2D eigenvalue weighted by Crippen LogP contribution is -2.33. The summed E-state index contributed by atoms with van der Waals surface area (Å²) in [6.45, 7) is 4.34. The average Bonchev–Trinajstić information content (AvgIpc) is 2.42. The summed E-state index contributed by atoms with van der Waals surface area (Å²) in [6.07, 6.45) is 2.51. The maximum absolute atomic E-state index is 11.6. The van der Waals surface area contributed by atoms with Crippen molar-refractivity contribution >= 4 is 23.4 Å². The Hall–Kier alpha value is -1.16. The third-order valence-corrected chi connectivity index (χ3v) is 5.04. The fourth-order valence-electron chi connectivity index (χ4n) is 2.42. The van der Waals surface area contributed by atoms with Crippen molar-refractivity contribution in [1.29, 1.82) is 0 Å². The summed E-state index contributed by atoms with van der Waals surface area (Å²) in [5.74, 6) is 1.24. The minimum Gasteiger partial charge on any atom is -0.381 e. The van der Waals surface area contributed by atoms with Crippen LogP contribution in [0.25, 0.3) is 0 Å². The van der Waals surface area contributed by atoms with Crippen molar-refractivity contribution in [2.24, 2.45) is 0 Å². The molecule has 3 nitrogen and oxygen atoms in total. The van der Waals surface area contributed by atoms with E-state index < -0.39 is 0 Å². The van der Waals surface area contributed by atoms with Crippen LogP contribution in [0.5, 0.6) is 0 Å². The van der Waals surface area contributed by atoms with Gasteiger partial charge >= 0.3 is 0 Å². The van der Waals surface area contributed by atoms with Gasteiger partial charge in [-0.25, -0.2) is 0 Å². The lowest BCUT2D eigenvalue weighted by molar-refractivity contribution is 0.0963. The van der Waals surface area contributed by atoms with E-state index in [0.29, 0.717) is 11.3 Å². The molecule has 1 aromatic carbocycles. The molecule has 2 atom stereocenters. The first-order chi connectivity index (χ1) is 9.11. The van der Waals surface area contributed by atoms with E-state index in [-0.39, 0.29) is 5.91 Å². The van der Waals surface area contributed by atoms with E-state index in [1.165, 1.54) is 18.6 Å². The second-order valence-electron chi connectivity index (χ2n) is 5.08. The van der Waals surface area contributed by atoms with Crippen molar-refractivity contribution in [3.63, 3.8) is 0 Å². The van der Waals surface area contributed by atoms with E-state index in [2.05, 4.69) is 24.5 Å². The van der Waals surface area contributed by atoms with Gasteiger partial charge < -0.3 is 10.6 Å². The predicted molar refractivity (Wildman–Crippen MR) is 83.1 cm³/mol. The van der Waals surface area contributed by atoms with Gasteiger partial charge in [0.15, 0.2) is 0 Å². The molecule has 1 aliphatic heterocycles. The molecule has 0 saturated carbocycles. The summed E-state index contributed by atoms with van der Waals surface area (Å²) in [5, 5.41) is 6.93. The van der Waals surface area contributed by atoms with Crippen LogP contribution < -0.4 is 10.6 Å². The van der Waals surface area contributed by atoms with Crippen molar-refractivity contribution < 1.29 is 4.79 Å². The molecule has 104 valence electrons. The van der Waals surface area contributed by atoms with Gasteiger partial charge in [-0.2, -0.15) is 11.8 Å². The van der Waals surface area contributed by atoms with E-state index in [9.17, 15) is 4.79 Å². The molecule has 2 N–H and O–H groups in total. The summed E-state index contributed by atoms with van der Waals surface area (Å²) in [6, 6.07) is 6.38. The van der Waals surface area contributed by atoms with Gasteiger partial charge in [0.05, 0.1) is 0 Å². The van der Waals surface area contributed by atoms with Crippen LogP contribution in [0.3, 0.4) is 0 Å². The molecule has 1 aliphatic rings. The maximum atomic E-state index is 11.6. The zero-order chi connectivity index (χ0) is 13.8. The van der Waals surface area contributed by atoms with Crippen molar-refractivity contribution in [3.05, 3.63) is 29.3 Å². The van der Waals surface area contributed by atoms with Gasteiger partial charge in [0.2, 0.25) is 0 Å². The van der Waals surface area contributed by atoms with Gasteiger partial charge in [-0.3, -0.25) is 4.79 Å². The molecule has 1 amide bonds. The van der Waals surface area contributed by atoms with E-state index in [4.69, 9.17) is 0 Å². The molecule has 1 saturated heterocycles. The molecule has 4 heteroatoms. The number of nitrogens with one attached hydrogen (secondary N) is 2. The number of benzene rings is 1. The van der Waals surface area contributed by atoms with E-state index in [1.54, 1.807) is 7.05 Å². The zero-order valence-electron chi connectivity index (χ0n) is 11.8. The lowest BCUT2D eigenvalue weighted by Gasteiger charge is -2.30. The molecule has 0 aromatic heterocycles. The van der Waals surface area contributed by atoms with Crippen LogP contribution in [0, 0.1) is 6.92 Å². The maximum Gasteiger partial charge on any atom is 0.251 e. The van der Waals surface area contributed by atoms with Crippen LogP contribution in [-0.4, -0.2) is 30.0 Å². The Kier molecular flexibility index (Phi) is 4.75. The SMILES string of the molecule is CNC(=O)c1ccc(NC2CCCSC2C)c(C)c1. The smallest absolute Gasteiger partial charge is 0.251 e. The first-order valence-electron chi connectivity index (χ1n) is 6.82. The molecular formula is C15H22N2OS. The van der Waals surface area contributed by atoms with Gasteiger partial charge in [-0.1, -0.05) is 6.92 Å². The Morgan fingerprint density at radius 2 is 2.21 bits per heavy atom. The normalized spacial score (nSPS) is 22.9. The number of carbonyl (C=O) groups is 1. The Morgan fingerprint density at radius 1 is 1.42 bits per heavy atom. The molecular weight excluding hydrogens is 256 g/mol. The molecule has 0 radical (unpaired) electrons. The number of hydrogen-bond acceptors (Lipinski definition) is 3. The largest absolute Gasteiger partial charge is 0.381 e. The summed E-state index contributed by atoms with van der Waals surface area (Å²) < 4.78 is 0. The average molecular weight is 278 g/mol. The van der Waals surface area contributed by atoms with Crippen molar-refractivity contribution in [2.45, 2.75) is 38.0 Å². The van der Waals surface area contributed by atoms with E-state index in [0.717, 1.165) is 16.8 Å². The molecule has 0 bridgehead atoms. The third kappa shape index (κ3) is 3.44. The second-order valence-corrected chi connectivity index (χ2v) is 6.56. The number of anilines is 1. The van der Waals surface area contributed by atoms with E-state index >= 15 is 0 Å². The van der Waals surface area contributed by atoms with Crippen LogP contribution in [0.2, 0.25) is 0 Å². The van der Waals surface area contributed by atoms with E-state index in [1.807, 2.05) is 30.0 Å². The number of amides is 1. The minimum absolute atomic E-state index is 0.0313. The summed E-state index contributed by atoms with van der Waals surface area (Å²) in [4.78, 5) is 11.6. The molecule has 0 spiro atoms. The second kappa shape index (κ2) is 6.33. The van der Waals surface area contributed by atoms with Crippen molar-refractivity contribution in [3.8, 4) is 0 Å². The molecule has 0 aliphatic carbocycles. The number of aryl methyl sites for hydroxylation is 1. The third-order valence-electron chi connectivity index (χ3n) is 3.66. The molecule has 1 heterocycles. The number of thioether (sulfide) groups is 1. The fraction of sp³-hybridized carbons (Fsp3) is 0.533. The minimum atomic E-state index is -0.0313. The van der Waals surface area contributed by atoms with Gasteiger partial charge in [0.25, 0.3) is 5.91 Å². The molecule has 19 heavy (non-hydrogen) atoms. The zero-order valence-corrected chi connectivity index (χ0v) is 12.6. The molecule has 1 fully saturated rings. The first kappa shape index (κ1) is 14.3. The highest BCUT2D eigenvalue weighted by Crippen LogP contribution is 2.28. The topological polar surface area (TPSA) is 41.1 Å². The van der Waals surface area contributed by atoms with Crippen LogP contribution in [0.1, 0.15) is 35.7 Å². The highest BCUT2D eigenvalue weighted by Gasteiger charge is 2.22. The standard InChI is InChI=1S/C15H22N2OS/c1-10-9-12(15(18)16-3)6-7-13(10)17-14-5-4-8-19-11(14)2/h6-7,9,11,14,17H,4-5,8H2,1-3H3,(H,16,18). The summed E-state index contributed by atoms with van der Waals surface area (Å²) in [5.41, 5.74) is 2.99. The Morgan fingerprint density at radius 3 is 2.84 bits per heavy atom. The van der Waals surface area contributed by atoms with Gasteiger partial charge in [0.1, 0.15) is 0 Å². The summed E-state index contributed by atoms with van der Waals surface area (Å²) >= 11 is 2.04. The predicted octanol–water partition coefficient (Wildman–Crippen LogP) is 3.05. The van der Waals surface area contributed by atoms with Crippen LogP contribution in [0.4, 0.5) is 5.69 Å². The Balaban J connectivity index is 2.10. The molecule has 2 unspecified atom stereocenters. The molecule has 1 aromatic rings. The Labute approximate surface area is 119 Å². The highest BCUT2D eigenvalue weighted by atomic mass is 32.2. The fourth-order valence-corrected chi connectivity index (χ4v) is 3.57. The van der Waals surface area contributed by atoms with Crippen molar-refractivity contribution in [1.82, 2.24) is 5.32 Å². The Bertz CT molecular complexity index is 461. The van der Waals surface area contributed by atoms with Gasteiger partial charge in [-0.15, -0.1) is 0 Å². The van der Waals surface area contributed by atoms with Crippen LogP contribution in [0.15, 0.2) is 18.2 Å². The lowest BCUT2D eigenvalue weighted by atomic mass is 10.0. The number of carbonyl (C=O) groups excluding carboxylic acids is 1. The van der Waals surface area contributed by atoms with Gasteiger partial charge in [-0.05, 0) is 49.3 Å². The van der Waals surface area contributed by atoms with Gasteiger partial charge in [0, 0.05) is 29.6 Å². The first-order valence-corrected chi connectivity index (χ1v) is 7.87. The highest BCUT2D eigenvalue weighted by molar-refractivity contribution is 8.00. The number of hydrogen-bond donors (Lipinski definition) is 2. The monoisotopic (exact) mass is 278 g/mol. The van der Waals surface area contributed by atoms with Crippen molar-refractivity contribution in [2.75, 3.05) is 18.1 Å². The quantitative estimate of drug-likeness (QED) is 0.893. The van der Waals surface area contributed by atoms with Crippen LogP contribution in [-0.2, 0) is 0 Å². The number of rotatable bonds is 3. The summed E-state index contributed by atoms with van der Waals surface area (Å²) in [7, 11) is 1.66. The molecule has 2 rings (SSSR count). The van der Waals surface area contributed by atoms with Crippen LogP contribution >= 0.6 is 11.8 Å².